The van der Waals surface area contributed by atoms with E-state index in [-0.39, 0.29) is 17.3 Å². The van der Waals surface area contributed by atoms with Crippen LogP contribution in [-0.2, 0) is 6.18 Å². The summed E-state index contributed by atoms with van der Waals surface area (Å²) in [6, 6.07) is 4.85. The molecule has 2 aliphatic heterocycles. The van der Waals surface area contributed by atoms with Crippen molar-refractivity contribution in [2.24, 2.45) is 5.92 Å². The highest BCUT2D eigenvalue weighted by atomic mass is 32.2. The molecule has 1 aromatic carbocycles. The molecule has 2 saturated heterocycles. The number of nitriles is 1. The summed E-state index contributed by atoms with van der Waals surface area (Å²) in [5.74, 6) is -0.405. The SMILES string of the molecule is N#Cc1ccc(C(=O)C2CC3CCCC(C2)S3)cc1C(F)(F)F. The molecule has 0 amide bonds. The summed E-state index contributed by atoms with van der Waals surface area (Å²) in [5.41, 5.74) is -1.38. The van der Waals surface area contributed by atoms with Gasteiger partial charge in [0.05, 0.1) is 17.2 Å². The number of ketones is 1. The van der Waals surface area contributed by atoms with E-state index in [9.17, 15) is 18.0 Å². The van der Waals surface area contributed by atoms with Crippen LogP contribution in [0.3, 0.4) is 0 Å². The number of carbonyl (C=O) groups is 1. The van der Waals surface area contributed by atoms with E-state index in [1.54, 1.807) is 6.07 Å². The fourth-order valence-corrected chi connectivity index (χ4v) is 5.38. The second-order valence-electron chi connectivity index (χ2n) is 6.21. The minimum atomic E-state index is -4.62. The van der Waals surface area contributed by atoms with Crippen LogP contribution in [0.5, 0.6) is 0 Å². The highest BCUT2D eigenvalue weighted by Crippen LogP contribution is 2.45. The van der Waals surface area contributed by atoms with Crippen LogP contribution in [0.15, 0.2) is 18.2 Å². The van der Waals surface area contributed by atoms with Crippen LogP contribution < -0.4 is 0 Å². The van der Waals surface area contributed by atoms with Crippen LogP contribution in [0.2, 0.25) is 0 Å². The molecule has 2 aliphatic rings. The molecule has 2 bridgehead atoms. The Bertz CT molecular complexity index is 653. The fraction of sp³-hybridized carbons (Fsp3) is 0.529. The second-order valence-corrected chi connectivity index (χ2v) is 7.82. The van der Waals surface area contributed by atoms with Crippen LogP contribution in [0.1, 0.15) is 53.6 Å². The Labute approximate surface area is 137 Å². The quantitative estimate of drug-likeness (QED) is 0.725. The first-order chi connectivity index (χ1) is 10.9. The largest absolute Gasteiger partial charge is 0.417 e. The van der Waals surface area contributed by atoms with Gasteiger partial charge in [-0.2, -0.15) is 30.2 Å². The smallest absolute Gasteiger partial charge is 0.294 e. The Morgan fingerprint density at radius 1 is 1.22 bits per heavy atom. The molecule has 0 spiro atoms. The van der Waals surface area contributed by atoms with Gasteiger partial charge >= 0.3 is 6.18 Å². The van der Waals surface area contributed by atoms with E-state index in [1.165, 1.54) is 12.5 Å². The number of Topliss-reactive ketones (excluding diaryl/α,β-unsaturated/α-hetero) is 1. The Morgan fingerprint density at radius 3 is 2.43 bits per heavy atom. The molecule has 0 N–H and O–H groups in total. The van der Waals surface area contributed by atoms with Crippen molar-refractivity contribution in [3.05, 3.63) is 34.9 Å². The third-order valence-electron chi connectivity index (χ3n) is 4.63. The van der Waals surface area contributed by atoms with Crippen molar-refractivity contribution < 1.29 is 18.0 Å². The second kappa shape index (κ2) is 6.20. The van der Waals surface area contributed by atoms with Gasteiger partial charge in [0.25, 0.3) is 0 Å². The lowest BCUT2D eigenvalue weighted by Crippen LogP contribution is -2.33. The lowest BCUT2D eigenvalue weighted by Gasteiger charge is -2.38. The molecule has 3 rings (SSSR count). The van der Waals surface area contributed by atoms with Crippen molar-refractivity contribution in [1.29, 1.82) is 5.26 Å². The molecule has 2 atom stereocenters. The van der Waals surface area contributed by atoms with Gasteiger partial charge in [0, 0.05) is 22.0 Å². The summed E-state index contributed by atoms with van der Waals surface area (Å²) in [7, 11) is 0. The molecule has 2 fully saturated rings. The number of hydrogen-bond donors (Lipinski definition) is 0. The van der Waals surface area contributed by atoms with Crippen LogP contribution in [0, 0.1) is 17.2 Å². The summed E-state index contributed by atoms with van der Waals surface area (Å²) in [6.45, 7) is 0. The molecular formula is C17H16F3NOS. The fourth-order valence-electron chi connectivity index (χ4n) is 3.54. The average Bonchev–Trinajstić information content (AvgIpc) is 2.52. The van der Waals surface area contributed by atoms with Gasteiger partial charge in [-0.1, -0.05) is 12.5 Å². The topological polar surface area (TPSA) is 40.9 Å². The van der Waals surface area contributed by atoms with E-state index in [4.69, 9.17) is 5.26 Å². The zero-order valence-corrected chi connectivity index (χ0v) is 13.2. The maximum atomic E-state index is 13.0. The van der Waals surface area contributed by atoms with Gasteiger partial charge in [-0.05, 0) is 37.8 Å². The van der Waals surface area contributed by atoms with Crippen molar-refractivity contribution in [2.75, 3.05) is 0 Å². The number of benzene rings is 1. The maximum absolute atomic E-state index is 13.0. The Morgan fingerprint density at radius 2 is 1.87 bits per heavy atom. The molecule has 2 heterocycles. The van der Waals surface area contributed by atoms with Gasteiger partial charge in [-0.3, -0.25) is 4.79 Å². The first kappa shape index (κ1) is 16.4. The van der Waals surface area contributed by atoms with Crippen molar-refractivity contribution in [3.63, 3.8) is 0 Å². The van der Waals surface area contributed by atoms with E-state index in [0.29, 0.717) is 10.5 Å². The van der Waals surface area contributed by atoms with Crippen LogP contribution >= 0.6 is 11.8 Å². The Kier molecular flexibility index (Phi) is 4.41. The molecule has 0 saturated carbocycles. The number of hydrogen-bond acceptors (Lipinski definition) is 3. The number of carbonyl (C=O) groups excluding carboxylic acids is 1. The first-order valence-corrected chi connectivity index (χ1v) is 8.64. The third kappa shape index (κ3) is 3.40. The first-order valence-electron chi connectivity index (χ1n) is 7.69. The Hall–Kier alpha value is -1.48. The van der Waals surface area contributed by atoms with Crippen molar-refractivity contribution in [3.8, 4) is 6.07 Å². The lowest BCUT2D eigenvalue weighted by atomic mass is 9.84. The zero-order chi connectivity index (χ0) is 16.6. The molecule has 0 radical (unpaired) electrons. The molecule has 2 unspecified atom stereocenters. The molecule has 0 aromatic heterocycles. The van der Waals surface area contributed by atoms with E-state index < -0.39 is 17.3 Å². The highest BCUT2D eigenvalue weighted by Gasteiger charge is 2.38. The molecule has 122 valence electrons. The minimum Gasteiger partial charge on any atom is -0.294 e. The lowest BCUT2D eigenvalue weighted by molar-refractivity contribution is -0.137. The molecule has 1 aromatic rings. The third-order valence-corrected chi connectivity index (χ3v) is 6.26. The van der Waals surface area contributed by atoms with Crippen molar-refractivity contribution >= 4 is 17.5 Å². The maximum Gasteiger partial charge on any atom is 0.417 e. The van der Waals surface area contributed by atoms with Gasteiger partial charge in [-0.25, -0.2) is 0 Å². The number of thioether (sulfide) groups is 1. The minimum absolute atomic E-state index is 0.0753. The van der Waals surface area contributed by atoms with E-state index in [2.05, 4.69) is 0 Å². The number of fused-ring (bicyclic) bond motifs is 2. The van der Waals surface area contributed by atoms with Crippen molar-refractivity contribution in [2.45, 2.75) is 48.8 Å². The van der Waals surface area contributed by atoms with E-state index in [0.717, 1.165) is 37.8 Å². The van der Waals surface area contributed by atoms with E-state index in [1.807, 2.05) is 11.8 Å². The van der Waals surface area contributed by atoms with Crippen LogP contribution in [-0.4, -0.2) is 16.3 Å². The molecule has 2 nitrogen and oxygen atoms in total. The summed E-state index contributed by atoms with van der Waals surface area (Å²) >= 11 is 1.93. The predicted octanol–water partition coefficient (Wildman–Crippen LogP) is 4.82. The number of halogens is 3. The monoisotopic (exact) mass is 339 g/mol. The zero-order valence-electron chi connectivity index (χ0n) is 12.4. The van der Waals surface area contributed by atoms with Gasteiger partial charge in [-0.15, -0.1) is 0 Å². The van der Waals surface area contributed by atoms with E-state index >= 15 is 0 Å². The standard InChI is InChI=1S/C17H16F3NOS/c18-17(19,20)15-8-10(4-5-11(15)9-21)16(22)12-6-13-2-1-3-14(7-12)23-13/h4-5,8,12-14H,1-3,6-7H2. The number of nitrogens with zero attached hydrogens (tertiary/aromatic N) is 1. The molecular weight excluding hydrogens is 323 g/mol. The Balaban J connectivity index is 1.87. The van der Waals surface area contributed by atoms with Gasteiger partial charge in [0.2, 0.25) is 0 Å². The summed E-state index contributed by atoms with van der Waals surface area (Å²) < 4.78 is 39.1. The normalized spacial score (nSPS) is 27.3. The summed E-state index contributed by atoms with van der Waals surface area (Å²) in [6.07, 6.45) is 0.236. The van der Waals surface area contributed by atoms with Gasteiger partial charge in [0.15, 0.2) is 5.78 Å². The number of alkyl halides is 3. The predicted molar refractivity (Wildman–Crippen MR) is 82.2 cm³/mol. The van der Waals surface area contributed by atoms with Gasteiger partial charge < -0.3 is 0 Å². The molecule has 23 heavy (non-hydrogen) atoms. The van der Waals surface area contributed by atoms with Crippen LogP contribution in [0.25, 0.3) is 0 Å². The summed E-state index contributed by atoms with van der Waals surface area (Å²) in [5, 5.41) is 9.74. The summed E-state index contributed by atoms with van der Waals surface area (Å²) in [4.78, 5) is 12.7. The highest BCUT2D eigenvalue weighted by molar-refractivity contribution is 8.00. The van der Waals surface area contributed by atoms with Gasteiger partial charge in [0.1, 0.15) is 0 Å². The molecule has 0 aliphatic carbocycles. The van der Waals surface area contributed by atoms with Crippen molar-refractivity contribution in [1.82, 2.24) is 0 Å². The van der Waals surface area contributed by atoms with Crippen LogP contribution in [0.4, 0.5) is 13.2 Å². The average molecular weight is 339 g/mol. The molecule has 6 heteroatoms. The number of rotatable bonds is 2.